The Bertz CT molecular complexity index is 715. The summed E-state index contributed by atoms with van der Waals surface area (Å²) in [5.41, 5.74) is 4.24. The molecule has 2 aromatic rings. The van der Waals surface area contributed by atoms with Gasteiger partial charge in [-0.1, -0.05) is 50.2 Å². The maximum Gasteiger partial charge on any atom is 0.123 e. The highest BCUT2D eigenvalue weighted by atomic mass is 16.5. The summed E-state index contributed by atoms with van der Waals surface area (Å²) >= 11 is 0. The Balaban J connectivity index is 1.84. The zero-order chi connectivity index (χ0) is 18.5. The fourth-order valence-electron chi connectivity index (χ4n) is 3.80. The SMILES string of the molecule is CC(C)NC1CCc2c(ccc(OCc3ccccc3)c2CCO)C1O. The van der Waals surface area contributed by atoms with Gasteiger partial charge in [-0.15, -0.1) is 0 Å². The molecule has 0 spiro atoms. The molecule has 0 aliphatic heterocycles. The van der Waals surface area contributed by atoms with Crippen molar-refractivity contribution in [1.82, 2.24) is 5.32 Å². The van der Waals surface area contributed by atoms with E-state index in [0.29, 0.717) is 19.1 Å². The lowest BCUT2D eigenvalue weighted by atomic mass is 9.82. The number of aliphatic hydroxyl groups is 2. The minimum Gasteiger partial charge on any atom is -0.489 e. The summed E-state index contributed by atoms with van der Waals surface area (Å²) in [6.07, 6.45) is 1.78. The maximum atomic E-state index is 10.8. The van der Waals surface area contributed by atoms with E-state index in [0.717, 1.165) is 40.8 Å². The zero-order valence-electron chi connectivity index (χ0n) is 15.6. The zero-order valence-corrected chi connectivity index (χ0v) is 15.6. The van der Waals surface area contributed by atoms with Gasteiger partial charge in [0.1, 0.15) is 12.4 Å². The molecule has 1 aliphatic carbocycles. The van der Waals surface area contributed by atoms with E-state index in [-0.39, 0.29) is 12.6 Å². The monoisotopic (exact) mass is 355 g/mol. The van der Waals surface area contributed by atoms with Gasteiger partial charge in [-0.3, -0.25) is 0 Å². The van der Waals surface area contributed by atoms with Crippen molar-refractivity contribution in [1.29, 1.82) is 0 Å². The van der Waals surface area contributed by atoms with E-state index in [1.54, 1.807) is 0 Å². The van der Waals surface area contributed by atoms with Crippen LogP contribution in [0, 0.1) is 0 Å². The number of benzene rings is 2. The summed E-state index contributed by atoms with van der Waals surface area (Å²) in [7, 11) is 0. The lowest BCUT2D eigenvalue weighted by molar-refractivity contribution is 0.110. The average Bonchev–Trinajstić information content (AvgIpc) is 2.64. The van der Waals surface area contributed by atoms with Gasteiger partial charge in [0.05, 0.1) is 6.10 Å². The van der Waals surface area contributed by atoms with Crippen LogP contribution < -0.4 is 10.1 Å². The van der Waals surface area contributed by atoms with Crippen molar-refractivity contribution in [3.8, 4) is 5.75 Å². The molecule has 0 amide bonds. The van der Waals surface area contributed by atoms with Crippen LogP contribution in [0.4, 0.5) is 0 Å². The Labute approximate surface area is 155 Å². The number of aliphatic hydroxyl groups excluding tert-OH is 2. The third-order valence-corrected chi connectivity index (χ3v) is 4.98. The lowest BCUT2D eigenvalue weighted by Crippen LogP contribution is -2.42. The third kappa shape index (κ3) is 4.26. The van der Waals surface area contributed by atoms with E-state index in [1.165, 1.54) is 0 Å². The summed E-state index contributed by atoms with van der Waals surface area (Å²) in [5, 5.41) is 23.8. The maximum absolute atomic E-state index is 10.8. The van der Waals surface area contributed by atoms with Crippen molar-refractivity contribution in [2.75, 3.05) is 6.61 Å². The molecule has 0 saturated carbocycles. The molecule has 26 heavy (non-hydrogen) atoms. The summed E-state index contributed by atoms with van der Waals surface area (Å²) < 4.78 is 6.06. The van der Waals surface area contributed by atoms with Gasteiger partial charge in [0.15, 0.2) is 0 Å². The highest BCUT2D eigenvalue weighted by Gasteiger charge is 2.30. The van der Waals surface area contributed by atoms with E-state index in [4.69, 9.17) is 4.74 Å². The van der Waals surface area contributed by atoms with E-state index in [9.17, 15) is 10.2 Å². The highest BCUT2D eigenvalue weighted by molar-refractivity contribution is 5.48. The Hall–Kier alpha value is -1.88. The molecule has 3 rings (SSSR count). The normalized spacial score (nSPS) is 19.4. The van der Waals surface area contributed by atoms with Crippen molar-refractivity contribution >= 4 is 0 Å². The molecule has 0 radical (unpaired) electrons. The Kier molecular flexibility index (Phi) is 6.30. The molecule has 0 bridgehead atoms. The highest BCUT2D eigenvalue weighted by Crippen LogP contribution is 2.37. The predicted molar refractivity (Wildman–Crippen MR) is 103 cm³/mol. The van der Waals surface area contributed by atoms with Crippen LogP contribution in [0.1, 0.15) is 48.6 Å². The third-order valence-electron chi connectivity index (χ3n) is 4.98. The van der Waals surface area contributed by atoms with E-state index < -0.39 is 6.10 Å². The first-order valence-corrected chi connectivity index (χ1v) is 9.46. The molecule has 2 unspecified atom stereocenters. The van der Waals surface area contributed by atoms with E-state index in [2.05, 4.69) is 19.2 Å². The fourth-order valence-corrected chi connectivity index (χ4v) is 3.80. The largest absolute Gasteiger partial charge is 0.489 e. The van der Waals surface area contributed by atoms with Crippen LogP contribution in [0.3, 0.4) is 0 Å². The van der Waals surface area contributed by atoms with Gasteiger partial charge in [-0.2, -0.15) is 0 Å². The topological polar surface area (TPSA) is 61.7 Å². The number of nitrogens with one attached hydrogen (secondary N) is 1. The Morgan fingerprint density at radius 1 is 1.15 bits per heavy atom. The molecule has 2 atom stereocenters. The van der Waals surface area contributed by atoms with Crippen LogP contribution in [-0.4, -0.2) is 28.9 Å². The van der Waals surface area contributed by atoms with Crippen LogP contribution in [-0.2, 0) is 19.4 Å². The quantitative estimate of drug-likeness (QED) is 0.714. The van der Waals surface area contributed by atoms with Gasteiger partial charge in [0.25, 0.3) is 0 Å². The standard InChI is InChI=1S/C22H29NO3/c1-15(2)23-20-10-8-17-18(12-13-24)21(11-9-19(17)22(20)25)26-14-16-6-4-3-5-7-16/h3-7,9,11,15,20,22-25H,8,10,12-14H2,1-2H3. The fraction of sp³-hybridized carbons (Fsp3) is 0.455. The van der Waals surface area contributed by atoms with Crippen LogP contribution in [0.5, 0.6) is 5.75 Å². The number of rotatable bonds is 7. The Morgan fingerprint density at radius 2 is 1.92 bits per heavy atom. The lowest BCUT2D eigenvalue weighted by Gasteiger charge is -2.34. The first kappa shape index (κ1) is 18.9. The van der Waals surface area contributed by atoms with Crippen molar-refractivity contribution in [2.45, 2.75) is 57.9 Å². The smallest absolute Gasteiger partial charge is 0.123 e. The van der Waals surface area contributed by atoms with Crippen LogP contribution in [0.15, 0.2) is 42.5 Å². The summed E-state index contributed by atoms with van der Waals surface area (Å²) in [5.74, 6) is 0.809. The molecule has 2 aromatic carbocycles. The molecule has 0 saturated heterocycles. The molecule has 4 heteroatoms. The minimum absolute atomic E-state index is 0.0700. The van der Waals surface area contributed by atoms with Gasteiger partial charge in [0, 0.05) is 18.7 Å². The van der Waals surface area contributed by atoms with Crippen LogP contribution >= 0.6 is 0 Å². The first-order valence-electron chi connectivity index (χ1n) is 9.46. The molecule has 3 N–H and O–H groups in total. The van der Waals surface area contributed by atoms with Crippen molar-refractivity contribution in [3.05, 3.63) is 64.7 Å². The van der Waals surface area contributed by atoms with E-state index in [1.807, 2.05) is 42.5 Å². The molecule has 0 aromatic heterocycles. The Morgan fingerprint density at radius 3 is 2.62 bits per heavy atom. The molecular formula is C22H29NO3. The van der Waals surface area contributed by atoms with E-state index >= 15 is 0 Å². The van der Waals surface area contributed by atoms with Crippen molar-refractivity contribution < 1.29 is 14.9 Å². The van der Waals surface area contributed by atoms with Gasteiger partial charge in [0.2, 0.25) is 0 Å². The van der Waals surface area contributed by atoms with Crippen molar-refractivity contribution in [3.63, 3.8) is 0 Å². The molecule has 4 nitrogen and oxygen atoms in total. The molecule has 1 aliphatic rings. The molecule has 140 valence electrons. The van der Waals surface area contributed by atoms with Crippen LogP contribution in [0.2, 0.25) is 0 Å². The molecule has 0 heterocycles. The minimum atomic E-state index is -0.526. The number of ether oxygens (including phenoxy) is 1. The van der Waals surface area contributed by atoms with Crippen molar-refractivity contribution in [2.24, 2.45) is 0 Å². The second kappa shape index (κ2) is 8.67. The number of hydrogen-bond donors (Lipinski definition) is 3. The molecule has 0 fully saturated rings. The first-order chi connectivity index (χ1) is 12.6. The number of hydrogen-bond acceptors (Lipinski definition) is 4. The summed E-state index contributed by atoms with van der Waals surface area (Å²) in [4.78, 5) is 0. The summed E-state index contributed by atoms with van der Waals surface area (Å²) in [6.45, 7) is 4.76. The average molecular weight is 355 g/mol. The second-order valence-corrected chi connectivity index (χ2v) is 7.27. The summed E-state index contributed by atoms with van der Waals surface area (Å²) in [6, 6.07) is 14.4. The van der Waals surface area contributed by atoms with Gasteiger partial charge < -0.3 is 20.3 Å². The second-order valence-electron chi connectivity index (χ2n) is 7.27. The van der Waals surface area contributed by atoms with Gasteiger partial charge in [-0.25, -0.2) is 0 Å². The van der Waals surface area contributed by atoms with Crippen LogP contribution in [0.25, 0.3) is 0 Å². The van der Waals surface area contributed by atoms with Gasteiger partial charge >= 0.3 is 0 Å². The van der Waals surface area contributed by atoms with Gasteiger partial charge in [-0.05, 0) is 47.6 Å². The predicted octanol–water partition coefficient (Wildman–Crippen LogP) is 3.15. The molecular weight excluding hydrogens is 326 g/mol. The number of fused-ring (bicyclic) bond motifs is 1.